The van der Waals surface area contributed by atoms with Gasteiger partial charge in [-0.25, -0.2) is 4.79 Å². The minimum atomic E-state index is -0.761. The zero-order chi connectivity index (χ0) is 18.0. The van der Waals surface area contributed by atoms with Crippen molar-refractivity contribution >= 4 is 17.5 Å². The van der Waals surface area contributed by atoms with E-state index in [4.69, 9.17) is 10.5 Å². The molecule has 0 saturated carbocycles. The minimum absolute atomic E-state index is 0.513. The highest BCUT2D eigenvalue weighted by Gasteiger charge is 2.30. The summed E-state index contributed by atoms with van der Waals surface area (Å²) in [5.41, 5.74) is 8.61. The molecule has 0 atom stereocenters. The molecule has 0 radical (unpaired) electrons. The monoisotopic (exact) mass is 333 g/mol. The molecule has 1 aromatic rings. The molecular formula is C17H27N5O2. The van der Waals surface area contributed by atoms with Crippen LogP contribution in [0.1, 0.15) is 25.0 Å². The molecule has 0 aromatic heterocycles. The van der Waals surface area contributed by atoms with Crippen LogP contribution in [-0.2, 0) is 11.2 Å². The fourth-order valence-corrected chi connectivity index (χ4v) is 2.98. The van der Waals surface area contributed by atoms with Crippen LogP contribution in [0.3, 0.4) is 0 Å². The van der Waals surface area contributed by atoms with E-state index in [1.165, 1.54) is 0 Å². The van der Waals surface area contributed by atoms with Crippen molar-refractivity contribution in [3.05, 3.63) is 35.4 Å². The van der Waals surface area contributed by atoms with E-state index in [2.05, 4.69) is 33.4 Å². The van der Waals surface area contributed by atoms with Crippen LogP contribution >= 0.6 is 0 Å². The van der Waals surface area contributed by atoms with Gasteiger partial charge in [0.05, 0.1) is 0 Å². The lowest BCUT2D eigenvalue weighted by Crippen LogP contribution is -2.60. The van der Waals surface area contributed by atoms with E-state index < -0.39 is 17.5 Å². The van der Waals surface area contributed by atoms with Crippen LogP contribution in [0.15, 0.2) is 24.3 Å². The third-order valence-corrected chi connectivity index (χ3v) is 4.13. The molecule has 2 rings (SSSR count). The van der Waals surface area contributed by atoms with E-state index in [9.17, 15) is 4.79 Å². The summed E-state index contributed by atoms with van der Waals surface area (Å²) in [5.74, 6) is -0.513. The molecule has 132 valence electrons. The van der Waals surface area contributed by atoms with E-state index in [1.54, 1.807) is 0 Å². The van der Waals surface area contributed by atoms with E-state index in [-0.39, 0.29) is 0 Å². The van der Waals surface area contributed by atoms with Crippen LogP contribution in [0.5, 0.6) is 0 Å². The van der Waals surface area contributed by atoms with Crippen molar-refractivity contribution in [2.45, 2.75) is 31.7 Å². The summed E-state index contributed by atoms with van der Waals surface area (Å²) in [5, 5.41) is 13.2. The largest absolute Gasteiger partial charge is 0.443 e. The summed E-state index contributed by atoms with van der Waals surface area (Å²) in [6.45, 7) is 3.69. The second kappa shape index (κ2) is 6.70. The second-order valence-corrected chi connectivity index (χ2v) is 6.48. The SMILES string of the molecule is CNC1=CC(NC)(NC)Nc2ccc(CC(C)(C)OC(N)=O)cc21. The first-order valence-electron chi connectivity index (χ1n) is 7.92. The first-order chi connectivity index (χ1) is 11.2. The number of hydrogen-bond acceptors (Lipinski definition) is 6. The Kier molecular flexibility index (Phi) is 5.05. The number of likely N-dealkylation sites (N-methyl/N-ethyl adjacent to an activating group) is 2. The van der Waals surface area contributed by atoms with Crippen LogP contribution in [0.2, 0.25) is 0 Å². The van der Waals surface area contributed by atoms with Gasteiger partial charge < -0.3 is 21.1 Å². The Balaban J connectivity index is 2.34. The van der Waals surface area contributed by atoms with Gasteiger partial charge in [-0.05, 0) is 51.7 Å². The number of carbonyl (C=O) groups excluding carboxylic acids is 1. The summed E-state index contributed by atoms with van der Waals surface area (Å²) >= 11 is 0. The van der Waals surface area contributed by atoms with Crippen LogP contribution in [-0.4, -0.2) is 38.6 Å². The smallest absolute Gasteiger partial charge is 0.405 e. The Hall–Kier alpha value is -2.25. The number of nitrogens with two attached hydrogens (primary N) is 1. The van der Waals surface area contributed by atoms with Crippen LogP contribution in [0.25, 0.3) is 5.70 Å². The van der Waals surface area contributed by atoms with E-state index in [0.717, 1.165) is 22.5 Å². The number of hydrogen-bond donors (Lipinski definition) is 5. The van der Waals surface area contributed by atoms with Crippen molar-refractivity contribution in [3.8, 4) is 0 Å². The molecule has 0 saturated heterocycles. The molecule has 1 aromatic carbocycles. The van der Waals surface area contributed by atoms with Gasteiger partial charge in [-0.2, -0.15) is 0 Å². The Morgan fingerprint density at radius 2 is 1.96 bits per heavy atom. The molecule has 0 fully saturated rings. The van der Waals surface area contributed by atoms with Gasteiger partial charge in [0.25, 0.3) is 0 Å². The zero-order valence-electron chi connectivity index (χ0n) is 14.9. The molecule has 24 heavy (non-hydrogen) atoms. The Morgan fingerprint density at radius 1 is 1.29 bits per heavy atom. The number of fused-ring (bicyclic) bond motifs is 1. The van der Waals surface area contributed by atoms with Gasteiger partial charge >= 0.3 is 6.09 Å². The number of nitrogens with one attached hydrogen (secondary N) is 4. The number of primary amides is 1. The van der Waals surface area contributed by atoms with Gasteiger partial charge in [0.1, 0.15) is 5.60 Å². The van der Waals surface area contributed by atoms with E-state index in [0.29, 0.717) is 6.42 Å². The van der Waals surface area contributed by atoms with Crippen molar-refractivity contribution in [1.29, 1.82) is 0 Å². The Bertz CT molecular complexity index is 650. The van der Waals surface area contributed by atoms with Crippen molar-refractivity contribution in [2.75, 3.05) is 26.5 Å². The maximum atomic E-state index is 11.0. The summed E-state index contributed by atoms with van der Waals surface area (Å²) < 4.78 is 5.18. The van der Waals surface area contributed by atoms with Crippen molar-refractivity contribution in [3.63, 3.8) is 0 Å². The number of ether oxygens (including phenoxy) is 1. The average molecular weight is 333 g/mol. The molecule has 1 aliphatic heterocycles. The number of rotatable bonds is 6. The second-order valence-electron chi connectivity index (χ2n) is 6.48. The van der Waals surface area contributed by atoms with E-state index in [1.807, 2.05) is 47.1 Å². The number of benzene rings is 1. The molecule has 0 bridgehead atoms. The minimum Gasteiger partial charge on any atom is -0.443 e. The number of amides is 1. The molecular weight excluding hydrogens is 306 g/mol. The molecule has 0 aliphatic carbocycles. The van der Waals surface area contributed by atoms with Gasteiger partial charge in [0.2, 0.25) is 0 Å². The standard InChI is InChI=1S/C17H27N5O2/c1-16(2,24-15(18)23)9-11-6-7-13-12(8-11)14(19-3)10-17(20-4,21-5)22-13/h6-8,10,19-22H,9H2,1-5H3,(H2,18,23). The maximum absolute atomic E-state index is 11.0. The highest BCUT2D eigenvalue weighted by atomic mass is 16.6. The molecule has 7 nitrogen and oxygen atoms in total. The number of carbonyl (C=O) groups is 1. The fourth-order valence-electron chi connectivity index (χ4n) is 2.98. The molecule has 7 heteroatoms. The molecule has 1 heterocycles. The highest BCUT2D eigenvalue weighted by Crippen LogP contribution is 2.32. The van der Waals surface area contributed by atoms with Gasteiger partial charge in [-0.15, -0.1) is 0 Å². The predicted octanol–water partition coefficient (Wildman–Crippen LogP) is 1.18. The van der Waals surface area contributed by atoms with Crippen molar-refractivity contribution in [1.82, 2.24) is 16.0 Å². The third-order valence-electron chi connectivity index (χ3n) is 4.13. The van der Waals surface area contributed by atoms with E-state index >= 15 is 0 Å². The zero-order valence-corrected chi connectivity index (χ0v) is 14.9. The lowest BCUT2D eigenvalue weighted by molar-refractivity contribution is 0.0460. The maximum Gasteiger partial charge on any atom is 0.405 e. The van der Waals surface area contributed by atoms with Crippen LogP contribution in [0.4, 0.5) is 10.5 Å². The first kappa shape index (κ1) is 18.1. The Labute approximate surface area is 143 Å². The molecule has 1 amide bonds. The molecule has 0 spiro atoms. The highest BCUT2D eigenvalue weighted by molar-refractivity contribution is 5.80. The van der Waals surface area contributed by atoms with Gasteiger partial charge in [-0.1, -0.05) is 6.07 Å². The lowest BCUT2D eigenvalue weighted by Gasteiger charge is -2.37. The fraction of sp³-hybridized carbons (Fsp3) is 0.471. The molecule has 0 unspecified atom stereocenters. The third kappa shape index (κ3) is 3.80. The average Bonchev–Trinajstić information content (AvgIpc) is 2.52. The molecule has 6 N–H and O–H groups in total. The summed E-state index contributed by atoms with van der Waals surface area (Å²) in [6.07, 6.45) is 1.87. The normalized spacial score (nSPS) is 15.8. The van der Waals surface area contributed by atoms with Gasteiger partial charge in [0, 0.05) is 30.4 Å². The number of anilines is 1. The first-order valence-corrected chi connectivity index (χ1v) is 7.92. The van der Waals surface area contributed by atoms with Gasteiger partial charge in [-0.3, -0.25) is 10.6 Å². The summed E-state index contributed by atoms with van der Waals surface area (Å²) in [6, 6.07) is 6.14. The van der Waals surface area contributed by atoms with Gasteiger partial charge in [0.15, 0.2) is 5.79 Å². The predicted molar refractivity (Wildman–Crippen MR) is 96.4 cm³/mol. The summed E-state index contributed by atoms with van der Waals surface area (Å²) in [4.78, 5) is 11.0. The van der Waals surface area contributed by atoms with Crippen molar-refractivity contribution < 1.29 is 9.53 Å². The van der Waals surface area contributed by atoms with Crippen LogP contribution in [0, 0.1) is 0 Å². The lowest BCUT2D eigenvalue weighted by atomic mass is 9.93. The van der Waals surface area contributed by atoms with Crippen molar-refractivity contribution in [2.24, 2.45) is 5.73 Å². The Morgan fingerprint density at radius 3 is 2.50 bits per heavy atom. The molecule has 1 aliphatic rings. The van der Waals surface area contributed by atoms with Crippen LogP contribution < -0.4 is 27.0 Å². The summed E-state index contributed by atoms with van der Waals surface area (Å²) in [7, 11) is 5.66. The quantitative estimate of drug-likeness (QED) is 0.501. The topological polar surface area (TPSA) is 100 Å².